The first-order valence-corrected chi connectivity index (χ1v) is 5.69. The summed E-state index contributed by atoms with van der Waals surface area (Å²) in [5.74, 6) is 0. The van der Waals surface area contributed by atoms with Crippen LogP contribution in [-0.4, -0.2) is 19.2 Å². The van der Waals surface area contributed by atoms with Gasteiger partial charge in [0.15, 0.2) is 0 Å². The molecule has 0 amide bonds. The zero-order valence-corrected chi connectivity index (χ0v) is 9.92. The summed E-state index contributed by atoms with van der Waals surface area (Å²) in [6, 6.07) is 8.45. The second-order valence-corrected chi connectivity index (χ2v) is 3.80. The van der Waals surface area contributed by atoms with E-state index < -0.39 is 0 Å². The molecule has 0 saturated carbocycles. The molecule has 0 saturated heterocycles. The smallest absolute Gasteiger partial charge is 0.146 e. The van der Waals surface area contributed by atoms with Crippen LogP contribution in [0.1, 0.15) is 11.1 Å². The van der Waals surface area contributed by atoms with E-state index in [1.807, 2.05) is 0 Å². The molecule has 3 heteroatoms. The van der Waals surface area contributed by atoms with Gasteiger partial charge in [-0.3, -0.25) is 0 Å². The molecule has 1 aromatic rings. The van der Waals surface area contributed by atoms with Gasteiger partial charge in [-0.1, -0.05) is 40.2 Å². The zero-order chi connectivity index (χ0) is 10.2. The Morgan fingerprint density at radius 2 is 1.79 bits per heavy atom. The summed E-state index contributed by atoms with van der Waals surface area (Å²) in [6.07, 6.45) is 1.07. The van der Waals surface area contributed by atoms with Crippen LogP contribution in [0, 0.1) is 0 Å². The van der Waals surface area contributed by atoms with E-state index in [0.717, 1.165) is 11.8 Å². The lowest BCUT2D eigenvalue weighted by molar-refractivity contribution is -0.0390. The van der Waals surface area contributed by atoms with Crippen molar-refractivity contribution in [3.63, 3.8) is 0 Å². The molecule has 2 nitrogen and oxygen atoms in total. The molecule has 0 fully saturated rings. The van der Waals surface area contributed by atoms with E-state index in [-0.39, 0.29) is 0 Å². The summed E-state index contributed by atoms with van der Waals surface area (Å²) < 4.78 is 10.0. The Morgan fingerprint density at radius 1 is 1.14 bits per heavy atom. The number of halogens is 1. The first-order chi connectivity index (χ1) is 6.86. The maximum Gasteiger partial charge on any atom is 0.146 e. The van der Waals surface area contributed by atoms with Crippen LogP contribution in [0.2, 0.25) is 0 Å². The van der Waals surface area contributed by atoms with Gasteiger partial charge in [0.25, 0.3) is 0 Å². The Balaban J connectivity index is 2.38. The Morgan fingerprint density at radius 3 is 2.36 bits per heavy atom. The van der Waals surface area contributed by atoms with E-state index in [0.29, 0.717) is 13.4 Å². The normalized spacial score (nSPS) is 10.4. The standard InChI is InChI=1S/C11H15BrO2/c1-13-9-14-8-11-4-2-10(3-5-11)6-7-12/h2-5H,6-9H2,1H3. The number of hydrogen-bond donors (Lipinski definition) is 0. The number of methoxy groups -OCH3 is 1. The summed E-state index contributed by atoms with van der Waals surface area (Å²) in [5, 5.41) is 1.01. The van der Waals surface area contributed by atoms with Crippen LogP contribution in [0.4, 0.5) is 0 Å². The molecule has 0 bridgehead atoms. The van der Waals surface area contributed by atoms with E-state index in [1.54, 1.807) is 7.11 Å². The van der Waals surface area contributed by atoms with Crippen LogP contribution in [-0.2, 0) is 22.5 Å². The predicted octanol–water partition coefficient (Wildman–Crippen LogP) is 2.74. The number of ether oxygens (including phenoxy) is 2. The molecule has 0 aliphatic carbocycles. The lowest BCUT2D eigenvalue weighted by Crippen LogP contribution is -1.97. The maximum absolute atomic E-state index is 5.24. The summed E-state index contributed by atoms with van der Waals surface area (Å²) in [7, 11) is 1.62. The van der Waals surface area contributed by atoms with Crippen LogP contribution >= 0.6 is 15.9 Å². The van der Waals surface area contributed by atoms with E-state index in [9.17, 15) is 0 Å². The lowest BCUT2D eigenvalue weighted by Gasteiger charge is -2.04. The predicted molar refractivity (Wildman–Crippen MR) is 60.6 cm³/mol. The second-order valence-electron chi connectivity index (χ2n) is 3.01. The van der Waals surface area contributed by atoms with Crippen LogP contribution in [0.15, 0.2) is 24.3 Å². The van der Waals surface area contributed by atoms with E-state index in [2.05, 4.69) is 40.2 Å². The van der Waals surface area contributed by atoms with Crippen molar-refractivity contribution in [1.82, 2.24) is 0 Å². The molecule has 0 N–H and O–H groups in total. The molecule has 0 aromatic heterocycles. The molecule has 14 heavy (non-hydrogen) atoms. The van der Waals surface area contributed by atoms with Crippen molar-refractivity contribution in [2.75, 3.05) is 19.2 Å². The third-order valence-electron chi connectivity index (χ3n) is 1.88. The molecular formula is C11H15BrO2. The van der Waals surface area contributed by atoms with Gasteiger partial charge < -0.3 is 9.47 Å². The van der Waals surface area contributed by atoms with E-state index in [1.165, 1.54) is 11.1 Å². The SMILES string of the molecule is COCOCc1ccc(CCBr)cc1. The molecule has 0 aliphatic heterocycles. The van der Waals surface area contributed by atoms with Crippen LogP contribution in [0.25, 0.3) is 0 Å². The van der Waals surface area contributed by atoms with E-state index >= 15 is 0 Å². The molecule has 1 rings (SSSR count). The molecule has 78 valence electrons. The number of rotatable bonds is 6. The van der Waals surface area contributed by atoms with Crippen molar-refractivity contribution >= 4 is 15.9 Å². The summed E-state index contributed by atoms with van der Waals surface area (Å²) in [4.78, 5) is 0. The van der Waals surface area contributed by atoms with Crippen molar-refractivity contribution in [3.05, 3.63) is 35.4 Å². The van der Waals surface area contributed by atoms with Gasteiger partial charge in [-0.25, -0.2) is 0 Å². The minimum Gasteiger partial charge on any atom is -0.359 e. The van der Waals surface area contributed by atoms with Crippen LogP contribution in [0.3, 0.4) is 0 Å². The number of alkyl halides is 1. The Kier molecular flexibility index (Phi) is 5.83. The fourth-order valence-electron chi connectivity index (χ4n) is 1.15. The number of hydrogen-bond acceptors (Lipinski definition) is 2. The zero-order valence-electron chi connectivity index (χ0n) is 8.33. The highest BCUT2D eigenvalue weighted by Crippen LogP contribution is 2.07. The topological polar surface area (TPSA) is 18.5 Å². The van der Waals surface area contributed by atoms with Crippen molar-refractivity contribution in [1.29, 1.82) is 0 Å². The highest BCUT2D eigenvalue weighted by Gasteiger charge is 1.94. The molecule has 0 spiro atoms. The van der Waals surface area contributed by atoms with Crippen molar-refractivity contribution in [2.45, 2.75) is 13.0 Å². The third-order valence-corrected chi connectivity index (χ3v) is 2.27. The fraction of sp³-hybridized carbons (Fsp3) is 0.455. The maximum atomic E-state index is 5.24. The van der Waals surface area contributed by atoms with Gasteiger partial charge >= 0.3 is 0 Å². The Hall–Kier alpha value is -0.380. The summed E-state index contributed by atoms with van der Waals surface area (Å²) in [5.41, 5.74) is 2.53. The summed E-state index contributed by atoms with van der Waals surface area (Å²) >= 11 is 3.41. The van der Waals surface area contributed by atoms with Crippen molar-refractivity contribution in [2.24, 2.45) is 0 Å². The number of aryl methyl sites for hydroxylation is 1. The summed E-state index contributed by atoms with van der Waals surface area (Å²) in [6.45, 7) is 0.964. The lowest BCUT2D eigenvalue weighted by atomic mass is 10.1. The van der Waals surface area contributed by atoms with Gasteiger partial charge in [0.05, 0.1) is 6.61 Å². The molecule has 0 unspecified atom stereocenters. The molecule has 0 heterocycles. The van der Waals surface area contributed by atoms with Crippen LogP contribution in [0.5, 0.6) is 0 Å². The molecular weight excluding hydrogens is 244 g/mol. The average Bonchev–Trinajstić information content (AvgIpc) is 2.21. The molecule has 0 aliphatic rings. The highest BCUT2D eigenvalue weighted by atomic mass is 79.9. The minimum absolute atomic E-state index is 0.350. The van der Waals surface area contributed by atoms with Gasteiger partial charge in [-0.2, -0.15) is 0 Å². The van der Waals surface area contributed by atoms with Gasteiger partial charge in [0.2, 0.25) is 0 Å². The molecule has 0 radical (unpaired) electrons. The first-order valence-electron chi connectivity index (χ1n) is 4.57. The van der Waals surface area contributed by atoms with Gasteiger partial charge in [-0.05, 0) is 17.5 Å². The monoisotopic (exact) mass is 258 g/mol. The minimum atomic E-state index is 0.350. The first kappa shape index (κ1) is 11.7. The van der Waals surface area contributed by atoms with Gasteiger partial charge in [0, 0.05) is 12.4 Å². The number of benzene rings is 1. The second kappa shape index (κ2) is 6.98. The quantitative estimate of drug-likeness (QED) is 0.444. The largest absolute Gasteiger partial charge is 0.359 e. The van der Waals surface area contributed by atoms with Crippen LogP contribution < -0.4 is 0 Å². The van der Waals surface area contributed by atoms with Crippen molar-refractivity contribution < 1.29 is 9.47 Å². The molecule has 1 aromatic carbocycles. The van der Waals surface area contributed by atoms with Crippen molar-refractivity contribution in [3.8, 4) is 0 Å². The average molecular weight is 259 g/mol. The van der Waals surface area contributed by atoms with Gasteiger partial charge in [-0.15, -0.1) is 0 Å². The molecule has 0 atom stereocenters. The fourth-order valence-corrected chi connectivity index (χ4v) is 1.61. The van der Waals surface area contributed by atoms with E-state index in [4.69, 9.17) is 9.47 Å². The third kappa shape index (κ3) is 4.22. The van der Waals surface area contributed by atoms with Gasteiger partial charge in [0.1, 0.15) is 6.79 Å². The Labute approximate surface area is 93.4 Å². The Bertz CT molecular complexity index is 246. The highest BCUT2D eigenvalue weighted by molar-refractivity contribution is 9.09.